The molecule has 1 fully saturated rings. The Bertz CT molecular complexity index is 378. The molecule has 1 N–H and O–H groups in total. The zero-order valence-electron chi connectivity index (χ0n) is 9.35. The average molecular weight is 240 g/mol. The van der Waals surface area contributed by atoms with E-state index in [4.69, 9.17) is 5.11 Å². The number of rotatable bonds is 4. The largest absolute Gasteiger partial charge is 0.481 e. The summed E-state index contributed by atoms with van der Waals surface area (Å²) in [5.74, 6) is -0.820. The van der Waals surface area contributed by atoms with E-state index in [9.17, 15) is 4.79 Å². The van der Waals surface area contributed by atoms with Gasteiger partial charge in [0.2, 0.25) is 0 Å². The summed E-state index contributed by atoms with van der Waals surface area (Å²) in [4.78, 5) is 18.6. The van der Waals surface area contributed by atoms with Crippen molar-refractivity contribution in [3.05, 3.63) is 16.1 Å². The van der Waals surface area contributed by atoms with Crippen LogP contribution in [-0.2, 0) is 11.2 Å². The number of carboxylic acid groups (broad SMARTS) is 1. The molecule has 4 nitrogen and oxygen atoms in total. The third-order valence-electron chi connectivity index (χ3n) is 3.12. The second kappa shape index (κ2) is 4.93. The van der Waals surface area contributed by atoms with Crippen molar-refractivity contribution in [1.29, 1.82) is 0 Å². The van der Waals surface area contributed by atoms with Crippen LogP contribution < -0.4 is 0 Å². The summed E-state index contributed by atoms with van der Waals surface area (Å²) < 4.78 is 0. The summed E-state index contributed by atoms with van der Waals surface area (Å²) in [5, 5.41) is 8.89. The Morgan fingerprint density at radius 1 is 1.75 bits per heavy atom. The van der Waals surface area contributed by atoms with E-state index in [1.54, 1.807) is 11.3 Å². The lowest BCUT2D eigenvalue weighted by atomic mass is 10.1. The van der Waals surface area contributed by atoms with Crippen molar-refractivity contribution in [3.63, 3.8) is 0 Å². The Hall–Kier alpha value is -0.940. The number of hydrogen-bond acceptors (Lipinski definition) is 4. The number of aromatic nitrogens is 1. The van der Waals surface area contributed by atoms with Crippen LogP contribution in [-0.4, -0.2) is 40.6 Å². The number of aliphatic carboxylic acids is 1. The van der Waals surface area contributed by atoms with Gasteiger partial charge in [0.25, 0.3) is 0 Å². The standard InChI is InChI=1S/C11H16N2O2S/c1-8-10(16-7-12-8)3-5-13-4-2-9(6-13)11(14)15/h7,9H,2-6H2,1H3,(H,14,15). The smallest absolute Gasteiger partial charge is 0.307 e. The Kier molecular flexibility index (Phi) is 3.56. The van der Waals surface area contributed by atoms with Gasteiger partial charge in [-0.05, 0) is 26.3 Å². The van der Waals surface area contributed by atoms with E-state index in [1.807, 2.05) is 12.4 Å². The molecule has 88 valence electrons. The van der Waals surface area contributed by atoms with Crippen molar-refractivity contribution in [2.75, 3.05) is 19.6 Å². The molecule has 0 aromatic carbocycles. The van der Waals surface area contributed by atoms with Gasteiger partial charge in [0, 0.05) is 18.0 Å². The maximum absolute atomic E-state index is 10.8. The van der Waals surface area contributed by atoms with E-state index in [-0.39, 0.29) is 5.92 Å². The molecular weight excluding hydrogens is 224 g/mol. The highest BCUT2D eigenvalue weighted by Crippen LogP contribution is 2.18. The molecule has 16 heavy (non-hydrogen) atoms. The maximum atomic E-state index is 10.8. The van der Waals surface area contributed by atoms with Crippen molar-refractivity contribution in [3.8, 4) is 0 Å². The normalized spacial score (nSPS) is 21.4. The first kappa shape index (κ1) is 11.5. The highest BCUT2D eigenvalue weighted by molar-refractivity contribution is 7.09. The Morgan fingerprint density at radius 2 is 2.56 bits per heavy atom. The molecule has 1 aromatic heterocycles. The molecule has 2 heterocycles. The van der Waals surface area contributed by atoms with Gasteiger partial charge in [-0.2, -0.15) is 0 Å². The number of hydrogen-bond donors (Lipinski definition) is 1. The summed E-state index contributed by atoms with van der Waals surface area (Å²) >= 11 is 1.69. The highest BCUT2D eigenvalue weighted by Gasteiger charge is 2.27. The molecule has 1 aromatic rings. The fourth-order valence-electron chi connectivity index (χ4n) is 2.06. The number of thiazole rings is 1. The minimum Gasteiger partial charge on any atom is -0.481 e. The molecule has 2 rings (SSSR count). The first-order chi connectivity index (χ1) is 7.66. The molecule has 1 saturated heterocycles. The third-order valence-corrected chi connectivity index (χ3v) is 4.12. The van der Waals surface area contributed by atoms with E-state index in [1.165, 1.54) is 4.88 Å². The SMILES string of the molecule is Cc1ncsc1CCN1CCC(C(=O)O)C1. The van der Waals surface area contributed by atoms with Crippen molar-refractivity contribution >= 4 is 17.3 Å². The minimum atomic E-state index is -0.656. The van der Waals surface area contributed by atoms with Gasteiger partial charge in [0.05, 0.1) is 17.1 Å². The van der Waals surface area contributed by atoms with Crippen LogP contribution in [0.15, 0.2) is 5.51 Å². The summed E-state index contributed by atoms with van der Waals surface area (Å²) in [6, 6.07) is 0. The zero-order valence-corrected chi connectivity index (χ0v) is 10.2. The summed E-state index contributed by atoms with van der Waals surface area (Å²) in [6.45, 7) is 4.59. The predicted molar refractivity (Wildman–Crippen MR) is 62.7 cm³/mol. The molecule has 1 unspecified atom stereocenters. The maximum Gasteiger partial charge on any atom is 0.307 e. The van der Waals surface area contributed by atoms with E-state index in [0.717, 1.165) is 31.6 Å². The van der Waals surface area contributed by atoms with Crippen molar-refractivity contribution < 1.29 is 9.90 Å². The Labute approximate surface area is 98.9 Å². The van der Waals surface area contributed by atoms with Gasteiger partial charge in [0.1, 0.15) is 0 Å². The second-order valence-electron chi connectivity index (χ2n) is 4.24. The van der Waals surface area contributed by atoms with Gasteiger partial charge in [-0.15, -0.1) is 11.3 Å². The molecule has 1 aliphatic rings. The lowest BCUT2D eigenvalue weighted by molar-refractivity contribution is -0.141. The van der Waals surface area contributed by atoms with E-state index >= 15 is 0 Å². The number of aryl methyl sites for hydroxylation is 1. The van der Waals surface area contributed by atoms with Gasteiger partial charge in [-0.1, -0.05) is 0 Å². The molecule has 0 aliphatic carbocycles. The molecule has 0 saturated carbocycles. The molecule has 0 radical (unpaired) electrons. The third kappa shape index (κ3) is 2.59. The van der Waals surface area contributed by atoms with E-state index in [2.05, 4.69) is 9.88 Å². The summed E-state index contributed by atoms with van der Waals surface area (Å²) in [5.41, 5.74) is 2.98. The fraction of sp³-hybridized carbons (Fsp3) is 0.636. The average Bonchev–Trinajstić information content (AvgIpc) is 2.83. The van der Waals surface area contributed by atoms with Crippen LogP contribution >= 0.6 is 11.3 Å². The number of likely N-dealkylation sites (tertiary alicyclic amines) is 1. The Balaban J connectivity index is 1.80. The zero-order chi connectivity index (χ0) is 11.5. The molecule has 5 heteroatoms. The summed E-state index contributed by atoms with van der Waals surface area (Å²) in [6.07, 6.45) is 1.78. The molecular formula is C11H16N2O2S. The molecule has 1 aliphatic heterocycles. The summed E-state index contributed by atoms with van der Waals surface area (Å²) in [7, 11) is 0. The van der Waals surface area contributed by atoms with Gasteiger partial charge >= 0.3 is 5.97 Å². The van der Waals surface area contributed by atoms with Crippen LogP contribution in [0.3, 0.4) is 0 Å². The highest BCUT2D eigenvalue weighted by atomic mass is 32.1. The van der Waals surface area contributed by atoms with Gasteiger partial charge in [-0.25, -0.2) is 4.98 Å². The van der Waals surface area contributed by atoms with Crippen molar-refractivity contribution in [2.24, 2.45) is 5.92 Å². The van der Waals surface area contributed by atoms with Crippen molar-refractivity contribution in [1.82, 2.24) is 9.88 Å². The van der Waals surface area contributed by atoms with Gasteiger partial charge in [-0.3, -0.25) is 4.79 Å². The molecule has 0 bridgehead atoms. The second-order valence-corrected chi connectivity index (χ2v) is 5.17. The topological polar surface area (TPSA) is 53.4 Å². The van der Waals surface area contributed by atoms with E-state index in [0.29, 0.717) is 6.54 Å². The van der Waals surface area contributed by atoms with Gasteiger partial charge < -0.3 is 10.0 Å². The predicted octanol–water partition coefficient (Wildman–Crippen LogP) is 1.40. The van der Waals surface area contributed by atoms with Crippen LogP contribution in [0, 0.1) is 12.8 Å². The van der Waals surface area contributed by atoms with Crippen LogP contribution in [0.1, 0.15) is 17.0 Å². The first-order valence-corrected chi connectivity index (χ1v) is 6.39. The molecule has 0 amide bonds. The Morgan fingerprint density at radius 3 is 3.12 bits per heavy atom. The minimum absolute atomic E-state index is 0.164. The number of nitrogens with zero attached hydrogens (tertiary/aromatic N) is 2. The lowest BCUT2D eigenvalue weighted by Crippen LogP contribution is -2.25. The quantitative estimate of drug-likeness (QED) is 0.864. The monoisotopic (exact) mass is 240 g/mol. The molecule has 1 atom stereocenters. The lowest BCUT2D eigenvalue weighted by Gasteiger charge is -2.14. The first-order valence-electron chi connectivity index (χ1n) is 5.51. The van der Waals surface area contributed by atoms with Crippen molar-refractivity contribution in [2.45, 2.75) is 19.8 Å². The molecule has 0 spiro atoms. The number of carboxylic acids is 1. The van der Waals surface area contributed by atoms with Crippen LogP contribution in [0.2, 0.25) is 0 Å². The van der Waals surface area contributed by atoms with Crippen LogP contribution in [0.5, 0.6) is 0 Å². The number of carbonyl (C=O) groups is 1. The fourth-order valence-corrected chi connectivity index (χ4v) is 2.83. The van der Waals surface area contributed by atoms with Crippen LogP contribution in [0.25, 0.3) is 0 Å². The van der Waals surface area contributed by atoms with Crippen LogP contribution in [0.4, 0.5) is 0 Å². The van der Waals surface area contributed by atoms with E-state index < -0.39 is 5.97 Å². The van der Waals surface area contributed by atoms with Gasteiger partial charge in [0.15, 0.2) is 0 Å².